The quantitative estimate of drug-likeness (QED) is 0.825. The molecule has 4 heteroatoms. The molecule has 1 amide bonds. The molecule has 0 saturated carbocycles. The Bertz CT molecular complexity index is 460. The smallest absolute Gasteiger partial charge is 0.253 e. The maximum atomic E-state index is 12.4. The van der Waals surface area contributed by atoms with Gasteiger partial charge in [0.25, 0.3) is 5.91 Å². The van der Waals surface area contributed by atoms with E-state index in [4.69, 9.17) is 0 Å². The van der Waals surface area contributed by atoms with Crippen LogP contribution in [-0.2, 0) is 0 Å². The van der Waals surface area contributed by atoms with E-state index >= 15 is 0 Å². The van der Waals surface area contributed by atoms with Crippen LogP contribution in [0.4, 0.5) is 0 Å². The zero-order chi connectivity index (χ0) is 14.7. The normalized spacial score (nSPS) is 22.4. The molecule has 0 aliphatic carbocycles. The third-order valence-electron chi connectivity index (χ3n) is 4.83. The lowest BCUT2D eigenvalue weighted by molar-refractivity contribution is 0.0519. The summed E-state index contributed by atoms with van der Waals surface area (Å²) in [6.45, 7) is 6.48. The third-order valence-corrected chi connectivity index (χ3v) is 4.83. The van der Waals surface area contributed by atoms with Gasteiger partial charge in [0, 0.05) is 50.9 Å². The van der Waals surface area contributed by atoms with Crippen LogP contribution in [0.2, 0.25) is 0 Å². The minimum Gasteiger partial charge on any atom is -0.339 e. The fraction of sp³-hybridized carbons (Fsp3) is 0.588. The van der Waals surface area contributed by atoms with Crippen molar-refractivity contribution in [2.75, 3.05) is 46.3 Å². The van der Waals surface area contributed by atoms with Crippen molar-refractivity contribution < 1.29 is 4.79 Å². The zero-order valence-corrected chi connectivity index (χ0v) is 12.9. The topological polar surface area (TPSA) is 26.8 Å². The third kappa shape index (κ3) is 3.44. The molecule has 4 nitrogen and oxygen atoms in total. The fourth-order valence-corrected chi connectivity index (χ4v) is 3.38. The average Bonchev–Trinajstić information content (AvgIpc) is 2.56. The molecule has 2 fully saturated rings. The molecule has 0 radical (unpaired) electrons. The Morgan fingerprint density at radius 2 is 1.57 bits per heavy atom. The molecule has 0 aromatic heterocycles. The number of likely N-dealkylation sites (tertiary alicyclic amines) is 1. The fourth-order valence-electron chi connectivity index (χ4n) is 3.38. The Balaban J connectivity index is 1.52. The monoisotopic (exact) mass is 287 g/mol. The van der Waals surface area contributed by atoms with E-state index in [-0.39, 0.29) is 5.91 Å². The van der Waals surface area contributed by atoms with Gasteiger partial charge in [-0.1, -0.05) is 18.2 Å². The Morgan fingerprint density at radius 1 is 0.952 bits per heavy atom. The van der Waals surface area contributed by atoms with E-state index in [2.05, 4.69) is 16.8 Å². The molecule has 2 aliphatic heterocycles. The first-order chi connectivity index (χ1) is 10.2. The van der Waals surface area contributed by atoms with E-state index in [1.807, 2.05) is 35.2 Å². The molecule has 1 aromatic carbocycles. The Hall–Kier alpha value is -1.39. The summed E-state index contributed by atoms with van der Waals surface area (Å²) < 4.78 is 0. The van der Waals surface area contributed by atoms with Crippen LogP contribution in [-0.4, -0.2) is 73.0 Å². The summed E-state index contributed by atoms with van der Waals surface area (Å²) >= 11 is 0. The molecular formula is C17H25N3O. The summed E-state index contributed by atoms with van der Waals surface area (Å²) in [6, 6.07) is 10.3. The van der Waals surface area contributed by atoms with E-state index in [1.165, 1.54) is 26.2 Å². The number of hydrogen-bond donors (Lipinski definition) is 0. The van der Waals surface area contributed by atoms with Crippen LogP contribution < -0.4 is 0 Å². The van der Waals surface area contributed by atoms with Gasteiger partial charge in [-0.05, 0) is 32.0 Å². The van der Waals surface area contributed by atoms with Gasteiger partial charge in [0.05, 0.1) is 0 Å². The SMILES string of the molecule is CN1CCN(C2CCN(C(=O)c3ccccc3)CC2)CC1. The van der Waals surface area contributed by atoms with Crippen molar-refractivity contribution in [3.63, 3.8) is 0 Å². The lowest BCUT2D eigenvalue weighted by Gasteiger charge is -2.42. The number of carbonyl (C=O) groups is 1. The molecular weight excluding hydrogens is 262 g/mol. The van der Waals surface area contributed by atoms with Crippen molar-refractivity contribution in [2.24, 2.45) is 0 Å². The predicted octanol–water partition coefficient (Wildman–Crippen LogP) is 1.54. The molecule has 3 rings (SSSR count). The summed E-state index contributed by atoms with van der Waals surface area (Å²) in [4.78, 5) is 19.5. The highest BCUT2D eigenvalue weighted by molar-refractivity contribution is 5.94. The first kappa shape index (κ1) is 14.5. The number of nitrogens with zero attached hydrogens (tertiary/aromatic N) is 3. The van der Waals surface area contributed by atoms with E-state index < -0.39 is 0 Å². The van der Waals surface area contributed by atoms with Gasteiger partial charge in [-0.25, -0.2) is 0 Å². The molecule has 21 heavy (non-hydrogen) atoms. The molecule has 0 bridgehead atoms. The first-order valence-corrected chi connectivity index (χ1v) is 8.01. The van der Waals surface area contributed by atoms with Crippen molar-refractivity contribution in [2.45, 2.75) is 18.9 Å². The second-order valence-corrected chi connectivity index (χ2v) is 6.23. The number of amides is 1. The van der Waals surface area contributed by atoms with Crippen molar-refractivity contribution >= 4 is 5.91 Å². The van der Waals surface area contributed by atoms with Gasteiger partial charge in [0.2, 0.25) is 0 Å². The standard InChI is InChI=1S/C17H25N3O/c1-18-11-13-19(14-12-18)16-7-9-20(10-8-16)17(21)15-5-3-2-4-6-15/h2-6,16H,7-14H2,1H3. The van der Waals surface area contributed by atoms with Crippen LogP contribution in [0.15, 0.2) is 30.3 Å². The number of piperidine rings is 1. The van der Waals surface area contributed by atoms with Gasteiger partial charge in [-0.2, -0.15) is 0 Å². The molecule has 2 heterocycles. The lowest BCUT2D eigenvalue weighted by atomic mass is 10.0. The van der Waals surface area contributed by atoms with Crippen LogP contribution in [0.1, 0.15) is 23.2 Å². The van der Waals surface area contributed by atoms with Crippen molar-refractivity contribution in [3.8, 4) is 0 Å². The van der Waals surface area contributed by atoms with Crippen molar-refractivity contribution in [3.05, 3.63) is 35.9 Å². The maximum Gasteiger partial charge on any atom is 0.253 e. The van der Waals surface area contributed by atoms with Gasteiger partial charge in [-0.3, -0.25) is 9.69 Å². The van der Waals surface area contributed by atoms with Crippen LogP contribution in [0, 0.1) is 0 Å². The van der Waals surface area contributed by atoms with Crippen LogP contribution in [0.5, 0.6) is 0 Å². The van der Waals surface area contributed by atoms with Crippen LogP contribution in [0.25, 0.3) is 0 Å². The predicted molar refractivity (Wildman–Crippen MR) is 84.4 cm³/mol. The highest BCUT2D eigenvalue weighted by Gasteiger charge is 2.28. The summed E-state index contributed by atoms with van der Waals surface area (Å²) in [6.07, 6.45) is 2.23. The van der Waals surface area contributed by atoms with Crippen molar-refractivity contribution in [1.82, 2.24) is 14.7 Å². The van der Waals surface area contributed by atoms with Crippen molar-refractivity contribution in [1.29, 1.82) is 0 Å². The number of hydrogen-bond acceptors (Lipinski definition) is 3. The number of piperazine rings is 1. The largest absolute Gasteiger partial charge is 0.339 e. The first-order valence-electron chi connectivity index (χ1n) is 8.01. The molecule has 1 aromatic rings. The zero-order valence-electron chi connectivity index (χ0n) is 12.9. The molecule has 114 valence electrons. The van der Waals surface area contributed by atoms with Gasteiger partial charge < -0.3 is 9.80 Å². The Kier molecular flexibility index (Phi) is 4.56. The molecule has 0 spiro atoms. The summed E-state index contributed by atoms with van der Waals surface area (Å²) in [5, 5.41) is 0. The second-order valence-electron chi connectivity index (χ2n) is 6.23. The van der Waals surface area contributed by atoms with Gasteiger partial charge in [0.1, 0.15) is 0 Å². The van der Waals surface area contributed by atoms with Crippen LogP contribution >= 0.6 is 0 Å². The molecule has 0 N–H and O–H groups in total. The Morgan fingerprint density at radius 3 is 2.19 bits per heavy atom. The molecule has 2 saturated heterocycles. The van der Waals surface area contributed by atoms with E-state index in [1.54, 1.807) is 0 Å². The number of carbonyl (C=O) groups excluding carboxylic acids is 1. The highest BCUT2D eigenvalue weighted by Crippen LogP contribution is 2.19. The molecule has 0 unspecified atom stereocenters. The summed E-state index contributed by atoms with van der Waals surface area (Å²) in [5.74, 6) is 0.187. The number of rotatable bonds is 2. The Labute approximate surface area is 127 Å². The minimum atomic E-state index is 0.187. The second kappa shape index (κ2) is 6.58. The highest BCUT2D eigenvalue weighted by atomic mass is 16.2. The van der Waals surface area contributed by atoms with Gasteiger partial charge in [0.15, 0.2) is 0 Å². The molecule has 2 aliphatic rings. The van der Waals surface area contributed by atoms with E-state index in [9.17, 15) is 4.79 Å². The average molecular weight is 287 g/mol. The molecule has 0 atom stereocenters. The summed E-state index contributed by atoms with van der Waals surface area (Å²) in [7, 11) is 2.19. The summed E-state index contributed by atoms with van der Waals surface area (Å²) in [5.41, 5.74) is 0.815. The van der Waals surface area contributed by atoms with E-state index in [0.717, 1.165) is 31.5 Å². The maximum absolute atomic E-state index is 12.4. The van der Waals surface area contributed by atoms with Gasteiger partial charge >= 0.3 is 0 Å². The number of likely N-dealkylation sites (N-methyl/N-ethyl adjacent to an activating group) is 1. The number of benzene rings is 1. The lowest BCUT2D eigenvalue weighted by Crippen LogP contribution is -2.52. The van der Waals surface area contributed by atoms with Crippen LogP contribution in [0.3, 0.4) is 0 Å². The van der Waals surface area contributed by atoms with Gasteiger partial charge in [-0.15, -0.1) is 0 Å². The van der Waals surface area contributed by atoms with E-state index in [0.29, 0.717) is 6.04 Å². The minimum absolute atomic E-state index is 0.187.